The number of fused-ring (bicyclic) bond motifs is 1. The van der Waals surface area contributed by atoms with Crippen LogP contribution in [-0.4, -0.2) is 46.3 Å². The zero-order chi connectivity index (χ0) is 37.3. The number of alkyl halides is 2. The molecular weight excluding hydrogens is 663 g/mol. The molecule has 0 radical (unpaired) electrons. The van der Waals surface area contributed by atoms with E-state index in [1.165, 1.54) is 11.1 Å². The Bertz CT molecular complexity index is 1370. The minimum absolute atomic E-state index is 0.00967. The van der Waals surface area contributed by atoms with Crippen LogP contribution in [-0.2, 0) is 13.6 Å². The quantitative estimate of drug-likeness (QED) is 0.159. The van der Waals surface area contributed by atoms with E-state index in [0.29, 0.717) is 36.7 Å². The van der Waals surface area contributed by atoms with Crippen LogP contribution in [0.4, 0.5) is 8.78 Å². The Balaban J connectivity index is 1.50. The summed E-state index contributed by atoms with van der Waals surface area (Å²) in [5, 5.41) is 0.0864. The van der Waals surface area contributed by atoms with Crippen molar-refractivity contribution in [2.24, 2.45) is 23.2 Å². The molecule has 50 heavy (non-hydrogen) atoms. The van der Waals surface area contributed by atoms with Gasteiger partial charge in [0.25, 0.3) is 5.92 Å². The van der Waals surface area contributed by atoms with Gasteiger partial charge < -0.3 is 13.6 Å². The summed E-state index contributed by atoms with van der Waals surface area (Å²) < 4.78 is 50.1. The molecule has 4 rings (SSSR count). The number of hydrogen-bond acceptors (Lipinski definition) is 4. The Morgan fingerprint density at radius 3 is 2.24 bits per heavy atom. The van der Waals surface area contributed by atoms with E-state index in [9.17, 15) is 4.79 Å². The molecule has 1 unspecified atom stereocenters. The minimum Gasteiger partial charge on any atom is -0.458 e. The number of hydrogen-bond donors (Lipinski definition) is 0. The van der Waals surface area contributed by atoms with E-state index in [4.69, 9.17) is 13.6 Å². The topological polar surface area (TPSA) is 44.8 Å². The minimum atomic E-state index is -2.87. The average Bonchev–Trinajstić information content (AvgIpc) is 3.34. The summed E-state index contributed by atoms with van der Waals surface area (Å²) in [4.78, 5) is 13.1. The zero-order valence-electron chi connectivity index (χ0n) is 33.4. The summed E-state index contributed by atoms with van der Waals surface area (Å²) in [5.74, 6) is -2.02. The van der Waals surface area contributed by atoms with Crippen LogP contribution in [0.5, 0.6) is 0 Å². The Kier molecular flexibility index (Phi) is 12.7. The highest BCUT2D eigenvalue weighted by molar-refractivity contribution is 6.74. The molecule has 3 aliphatic carbocycles. The zero-order valence-corrected chi connectivity index (χ0v) is 35.4. The lowest BCUT2D eigenvalue weighted by molar-refractivity contribution is -0.158. The number of benzene rings is 1. The number of rotatable bonds is 12. The number of allylic oxidation sites excluding steroid dienone is 3. The Labute approximate surface area is 305 Å². The Hall–Kier alpha value is -1.62. The van der Waals surface area contributed by atoms with E-state index in [1.807, 2.05) is 37.8 Å². The van der Waals surface area contributed by atoms with Gasteiger partial charge in [-0.3, -0.25) is 0 Å². The van der Waals surface area contributed by atoms with Gasteiger partial charge in [0.1, 0.15) is 11.7 Å². The van der Waals surface area contributed by atoms with Gasteiger partial charge in [-0.25, -0.2) is 13.6 Å². The van der Waals surface area contributed by atoms with Crippen LogP contribution in [0.15, 0.2) is 53.6 Å². The first-order chi connectivity index (χ1) is 22.9. The van der Waals surface area contributed by atoms with Crippen LogP contribution in [0.25, 0.3) is 0 Å². The molecule has 1 aromatic rings. The average molecular weight is 731 g/mol. The molecule has 6 atom stereocenters. The van der Waals surface area contributed by atoms with Crippen molar-refractivity contribution in [1.82, 2.24) is 0 Å². The first-order valence-electron chi connectivity index (χ1n) is 19.3. The third kappa shape index (κ3) is 9.87. The third-order valence-electron chi connectivity index (χ3n) is 12.7. The highest BCUT2D eigenvalue weighted by Crippen LogP contribution is 2.60. The van der Waals surface area contributed by atoms with Crippen molar-refractivity contribution in [3.05, 3.63) is 59.2 Å². The summed E-state index contributed by atoms with van der Waals surface area (Å²) in [6, 6.07) is 9.25. The smallest absolute Gasteiger partial charge is 0.338 e. The molecule has 3 saturated carbocycles. The molecule has 8 heteroatoms. The first kappa shape index (κ1) is 41.1. The predicted octanol–water partition coefficient (Wildman–Crippen LogP) is 12.5. The van der Waals surface area contributed by atoms with Crippen LogP contribution in [0.2, 0.25) is 37.8 Å². The van der Waals surface area contributed by atoms with Gasteiger partial charge in [0, 0.05) is 19.3 Å². The second kappa shape index (κ2) is 15.4. The van der Waals surface area contributed by atoms with Gasteiger partial charge >= 0.3 is 5.97 Å². The molecule has 0 amide bonds. The molecule has 282 valence electrons. The molecule has 3 aliphatic rings. The van der Waals surface area contributed by atoms with Crippen molar-refractivity contribution in [3.8, 4) is 0 Å². The number of halogens is 2. The Morgan fingerprint density at radius 1 is 0.980 bits per heavy atom. The van der Waals surface area contributed by atoms with E-state index in [0.717, 1.165) is 38.5 Å². The molecule has 0 saturated heterocycles. The summed E-state index contributed by atoms with van der Waals surface area (Å²) in [5.41, 5.74) is 2.02. The molecule has 0 aromatic heterocycles. The van der Waals surface area contributed by atoms with Crippen molar-refractivity contribution in [3.63, 3.8) is 0 Å². The monoisotopic (exact) mass is 730 g/mol. The SMILES string of the molecule is C[C@H](CCC(F)(F)C(C)(C)O[Si](C)(C)C)[C@H]1CCC2/C(=C/C=C3\C[C@H](OC(=O)c4ccccc4)C[C@H](O[Si](C)(C)C(C)(C)C)C3)CCC[C@@]21C. The lowest BCUT2D eigenvalue weighted by Crippen LogP contribution is -2.51. The molecular formula is C42H68F2O4Si2. The molecule has 0 spiro atoms. The van der Waals surface area contributed by atoms with Crippen molar-refractivity contribution in [1.29, 1.82) is 0 Å². The first-order valence-corrected chi connectivity index (χ1v) is 25.7. The second-order valence-electron chi connectivity index (χ2n) is 19.1. The summed E-state index contributed by atoms with van der Waals surface area (Å²) in [6.07, 6.45) is 12.7. The molecule has 0 aliphatic heterocycles. The lowest BCUT2D eigenvalue weighted by atomic mass is 9.60. The van der Waals surface area contributed by atoms with Gasteiger partial charge in [-0.05, 0) is 132 Å². The fourth-order valence-corrected chi connectivity index (χ4v) is 12.1. The van der Waals surface area contributed by atoms with Crippen molar-refractivity contribution in [2.75, 3.05) is 0 Å². The highest BCUT2D eigenvalue weighted by Gasteiger charge is 2.53. The van der Waals surface area contributed by atoms with E-state index in [1.54, 1.807) is 26.0 Å². The normalized spacial score (nSPS) is 29.2. The van der Waals surface area contributed by atoms with Crippen LogP contribution < -0.4 is 0 Å². The van der Waals surface area contributed by atoms with E-state index in [-0.39, 0.29) is 41.0 Å². The van der Waals surface area contributed by atoms with E-state index in [2.05, 4.69) is 59.9 Å². The fourth-order valence-electron chi connectivity index (χ4n) is 9.02. The lowest BCUT2D eigenvalue weighted by Gasteiger charge is -2.45. The fraction of sp³-hybridized carbons (Fsp3) is 0.738. The van der Waals surface area contributed by atoms with Gasteiger partial charge in [-0.2, -0.15) is 0 Å². The summed E-state index contributed by atoms with van der Waals surface area (Å²) in [6.45, 7) is 25.1. The molecule has 4 nitrogen and oxygen atoms in total. The second-order valence-corrected chi connectivity index (χ2v) is 28.3. The van der Waals surface area contributed by atoms with Crippen molar-refractivity contribution < 1.29 is 27.2 Å². The number of ether oxygens (including phenoxy) is 1. The van der Waals surface area contributed by atoms with Crippen molar-refractivity contribution >= 4 is 22.6 Å². The van der Waals surface area contributed by atoms with Gasteiger partial charge in [0.05, 0.1) is 11.7 Å². The molecule has 3 fully saturated rings. The molecule has 1 aromatic carbocycles. The van der Waals surface area contributed by atoms with Crippen LogP contribution in [0.3, 0.4) is 0 Å². The summed E-state index contributed by atoms with van der Waals surface area (Å²) >= 11 is 0. The number of esters is 1. The Morgan fingerprint density at radius 2 is 1.62 bits per heavy atom. The molecule has 0 N–H and O–H groups in total. The number of carbonyl (C=O) groups excluding carboxylic acids is 1. The van der Waals surface area contributed by atoms with Crippen molar-refractivity contribution in [2.45, 2.75) is 174 Å². The maximum atomic E-state index is 15.6. The third-order valence-corrected chi connectivity index (χ3v) is 18.3. The number of carbonyl (C=O) groups is 1. The highest BCUT2D eigenvalue weighted by atomic mass is 28.4. The van der Waals surface area contributed by atoms with Gasteiger partial charge in [0.2, 0.25) is 0 Å². The summed E-state index contributed by atoms with van der Waals surface area (Å²) in [7, 11) is -4.15. The van der Waals surface area contributed by atoms with E-state index < -0.39 is 28.2 Å². The maximum absolute atomic E-state index is 15.6. The largest absolute Gasteiger partial charge is 0.458 e. The van der Waals surface area contributed by atoms with Crippen LogP contribution >= 0.6 is 0 Å². The van der Waals surface area contributed by atoms with E-state index >= 15 is 8.78 Å². The predicted molar refractivity (Wildman–Crippen MR) is 208 cm³/mol. The molecule has 0 bridgehead atoms. The van der Waals surface area contributed by atoms with Crippen LogP contribution in [0, 0.1) is 23.2 Å². The molecule has 0 heterocycles. The van der Waals surface area contributed by atoms with Gasteiger partial charge in [-0.15, -0.1) is 0 Å². The maximum Gasteiger partial charge on any atom is 0.338 e. The van der Waals surface area contributed by atoms with Crippen LogP contribution in [0.1, 0.15) is 123 Å². The van der Waals surface area contributed by atoms with Gasteiger partial charge in [0.15, 0.2) is 16.6 Å². The van der Waals surface area contributed by atoms with Gasteiger partial charge in [-0.1, -0.05) is 76.1 Å². The standard InChI is InChI=1S/C42H68F2O4Si2/c1-30(24-26-42(43,44)40(5,6)48-49(8,9)10)36-22-23-37-32(19-16-25-41(36,37)7)21-20-31-27-34(46-38(45)33-17-14-13-15-18-33)29-35(28-31)47-50(11,12)39(2,3)4/h13-15,17-18,20-21,30,34-37H,16,19,22-29H2,1-12H3/b31-20+,32-21+/t30-,34+,35-,36-,37?,41-/m1/s1.